The number of rotatable bonds is 42. The van der Waals surface area contributed by atoms with Gasteiger partial charge in [0.1, 0.15) is 6.10 Å². The molecule has 0 saturated heterocycles. The molecule has 3 unspecified atom stereocenters. The second kappa shape index (κ2) is 45.4. The molecule has 3 atom stereocenters. The van der Waals surface area contributed by atoms with Crippen LogP contribution in [-0.4, -0.2) is 46.9 Å². The van der Waals surface area contributed by atoms with Crippen LogP contribution in [0, 0.1) is 0 Å². The summed E-state index contributed by atoms with van der Waals surface area (Å²) in [7, 11) is 0. The first-order chi connectivity index (χ1) is 28.5. The molecule has 58 heavy (non-hydrogen) atoms. The maximum Gasteiger partial charge on any atom is 0.306 e. The van der Waals surface area contributed by atoms with E-state index in [0.29, 0.717) is 19.3 Å². The number of nitrogens with one attached hydrogen (secondary N) is 1. The monoisotopic (exact) mass is 810 g/mol. The summed E-state index contributed by atoms with van der Waals surface area (Å²) in [6.45, 7) is 6.31. The second-order valence-corrected chi connectivity index (χ2v) is 16.1. The second-order valence-electron chi connectivity index (χ2n) is 16.1. The minimum Gasteiger partial charge on any atom is -0.458 e. The number of ether oxygens (including phenoxy) is 1. The molecule has 1 amide bonds. The molecule has 0 radical (unpaired) electrons. The summed E-state index contributed by atoms with van der Waals surface area (Å²) >= 11 is 0. The van der Waals surface area contributed by atoms with Gasteiger partial charge in [-0.15, -0.1) is 0 Å². The number of aliphatic hydroxyl groups excluding tert-OH is 2. The van der Waals surface area contributed by atoms with Crippen molar-refractivity contribution in [1.82, 2.24) is 5.32 Å². The lowest BCUT2D eigenvalue weighted by Crippen LogP contribution is -2.46. The van der Waals surface area contributed by atoms with Crippen molar-refractivity contribution in [2.75, 3.05) is 6.61 Å². The Morgan fingerprint density at radius 3 is 1.31 bits per heavy atom. The van der Waals surface area contributed by atoms with Gasteiger partial charge in [0, 0.05) is 6.42 Å². The Bertz CT molecular complexity index is 1090. The molecular formula is C52H91NO5. The Balaban J connectivity index is 4.80. The minimum absolute atomic E-state index is 0.0478. The van der Waals surface area contributed by atoms with Crippen molar-refractivity contribution >= 4 is 11.9 Å². The molecule has 0 fully saturated rings. The molecule has 0 aromatic rings. The average molecular weight is 810 g/mol. The third-order valence-corrected chi connectivity index (χ3v) is 10.5. The van der Waals surface area contributed by atoms with Crippen LogP contribution < -0.4 is 5.32 Å². The SMILES string of the molecule is CC/C=C\C/C=C\C/C=C\C/C=C\C/C=C\C/C=C\C(CC(=O)NC(CO)C(O)CCCCCCCCCCCCC)OC(=O)CCCCCCCCCCCCC. The molecule has 0 rings (SSSR count). The fourth-order valence-electron chi connectivity index (χ4n) is 6.90. The Labute approximate surface area is 358 Å². The van der Waals surface area contributed by atoms with E-state index >= 15 is 0 Å². The normalized spacial score (nSPS) is 13.9. The van der Waals surface area contributed by atoms with Crippen LogP contribution in [0.3, 0.4) is 0 Å². The predicted octanol–water partition coefficient (Wildman–Crippen LogP) is 14.2. The van der Waals surface area contributed by atoms with E-state index < -0.39 is 18.2 Å². The summed E-state index contributed by atoms with van der Waals surface area (Å²) in [5, 5.41) is 23.6. The Morgan fingerprint density at radius 1 is 0.517 bits per heavy atom. The lowest BCUT2D eigenvalue weighted by atomic mass is 10.0. The highest BCUT2D eigenvalue weighted by atomic mass is 16.5. The molecule has 6 heteroatoms. The smallest absolute Gasteiger partial charge is 0.306 e. The summed E-state index contributed by atoms with van der Waals surface area (Å²) in [6.07, 6.45) is 57.0. The summed E-state index contributed by atoms with van der Waals surface area (Å²) in [4.78, 5) is 26.0. The van der Waals surface area contributed by atoms with Gasteiger partial charge >= 0.3 is 5.97 Å². The fourth-order valence-corrected chi connectivity index (χ4v) is 6.90. The van der Waals surface area contributed by atoms with E-state index in [4.69, 9.17) is 4.74 Å². The highest BCUT2D eigenvalue weighted by Crippen LogP contribution is 2.15. The van der Waals surface area contributed by atoms with Crippen LogP contribution in [0.25, 0.3) is 0 Å². The summed E-state index contributed by atoms with van der Waals surface area (Å²) < 4.78 is 5.80. The molecule has 0 aliphatic rings. The van der Waals surface area contributed by atoms with Crippen molar-refractivity contribution in [3.63, 3.8) is 0 Å². The number of unbranched alkanes of at least 4 members (excludes halogenated alkanes) is 20. The third-order valence-electron chi connectivity index (χ3n) is 10.5. The van der Waals surface area contributed by atoms with Gasteiger partial charge in [0.2, 0.25) is 5.91 Å². The van der Waals surface area contributed by atoms with E-state index in [-0.39, 0.29) is 24.9 Å². The van der Waals surface area contributed by atoms with Crippen LogP contribution in [0.1, 0.15) is 220 Å². The third kappa shape index (κ3) is 40.1. The molecule has 0 aliphatic heterocycles. The van der Waals surface area contributed by atoms with Gasteiger partial charge in [-0.25, -0.2) is 0 Å². The maximum atomic E-state index is 13.1. The first-order valence-electron chi connectivity index (χ1n) is 24.2. The molecule has 0 heterocycles. The molecule has 0 aliphatic carbocycles. The van der Waals surface area contributed by atoms with Gasteiger partial charge in [-0.1, -0.05) is 222 Å². The zero-order chi connectivity index (χ0) is 42.4. The van der Waals surface area contributed by atoms with Crippen LogP contribution in [0.2, 0.25) is 0 Å². The van der Waals surface area contributed by atoms with Gasteiger partial charge in [0.15, 0.2) is 0 Å². The van der Waals surface area contributed by atoms with Gasteiger partial charge in [-0.3, -0.25) is 9.59 Å². The van der Waals surface area contributed by atoms with E-state index in [0.717, 1.165) is 70.6 Å². The van der Waals surface area contributed by atoms with Crippen molar-refractivity contribution in [3.8, 4) is 0 Å². The number of aliphatic hydroxyl groups is 2. The largest absolute Gasteiger partial charge is 0.458 e. The molecule has 0 bridgehead atoms. The van der Waals surface area contributed by atoms with Crippen LogP contribution in [-0.2, 0) is 14.3 Å². The van der Waals surface area contributed by atoms with Crippen molar-refractivity contribution in [2.24, 2.45) is 0 Å². The van der Waals surface area contributed by atoms with Crippen molar-refractivity contribution in [3.05, 3.63) is 72.9 Å². The number of esters is 1. The number of carbonyl (C=O) groups excluding carboxylic acids is 2. The first-order valence-corrected chi connectivity index (χ1v) is 24.2. The maximum absolute atomic E-state index is 13.1. The Kier molecular flexibility index (Phi) is 43.3. The van der Waals surface area contributed by atoms with Crippen LogP contribution in [0.15, 0.2) is 72.9 Å². The molecule has 0 aromatic heterocycles. The fraction of sp³-hybridized carbons (Fsp3) is 0.731. The predicted molar refractivity (Wildman–Crippen MR) is 250 cm³/mol. The summed E-state index contributed by atoms with van der Waals surface area (Å²) in [5.41, 5.74) is 0. The number of hydrogen-bond donors (Lipinski definition) is 3. The van der Waals surface area contributed by atoms with E-state index in [1.165, 1.54) is 103 Å². The van der Waals surface area contributed by atoms with Crippen LogP contribution in [0.4, 0.5) is 0 Å². The van der Waals surface area contributed by atoms with Gasteiger partial charge < -0.3 is 20.3 Å². The Morgan fingerprint density at radius 2 is 0.897 bits per heavy atom. The number of hydrogen-bond acceptors (Lipinski definition) is 5. The molecule has 334 valence electrons. The quantitative estimate of drug-likeness (QED) is 0.0324. The van der Waals surface area contributed by atoms with Crippen molar-refractivity contribution in [1.29, 1.82) is 0 Å². The van der Waals surface area contributed by atoms with E-state index in [1.807, 2.05) is 6.08 Å². The molecule has 0 saturated carbocycles. The van der Waals surface area contributed by atoms with Crippen LogP contribution >= 0.6 is 0 Å². The lowest BCUT2D eigenvalue weighted by molar-refractivity contribution is -0.148. The van der Waals surface area contributed by atoms with Crippen LogP contribution in [0.5, 0.6) is 0 Å². The van der Waals surface area contributed by atoms with E-state index in [1.54, 1.807) is 6.08 Å². The van der Waals surface area contributed by atoms with Gasteiger partial charge in [-0.05, 0) is 57.4 Å². The van der Waals surface area contributed by atoms with Gasteiger partial charge in [0.05, 0.1) is 25.2 Å². The lowest BCUT2D eigenvalue weighted by Gasteiger charge is -2.23. The molecule has 6 nitrogen and oxygen atoms in total. The number of amides is 1. The minimum atomic E-state index is -0.819. The topological polar surface area (TPSA) is 95.9 Å². The Hall–Kier alpha value is -2.70. The number of carbonyl (C=O) groups is 2. The van der Waals surface area contributed by atoms with E-state index in [9.17, 15) is 19.8 Å². The zero-order valence-electron chi connectivity index (χ0n) is 37.9. The zero-order valence-corrected chi connectivity index (χ0v) is 37.9. The van der Waals surface area contributed by atoms with Gasteiger partial charge in [0.25, 0.3) is 0 Å². The van der Waals surface area contributed by atoms with Gasteiger partial charge in [-0.2, -0.15) is 0 Å². The molecule has 3 N–H and O–H groups in total. The summed E-state index contributed by atoms with van der Waals surface area (Å²) in [6, 6.07) is -0.742. The standard InChI is InChI=1S/C52H91NO5/c1-4-7-10-13-16-19-22-23-24-25-26-27-30-31-34-37-40-43-48(58-52(57)45-42-39-36-33-29-21-18-15-12-9-6-3)46-51(56)53-49(47-54)50(55)44-41-38-35-32-28-20-17-14-11-8-5-2/h7,10,16,19,23-24,26-27,31,34,40,43,48-50,54-55H,4-6,8-9,11-15,17-18,20-22,25,28-30,32-33,35-39,41-42,44-47H2,1-3H3,(H,53,56)/b10-7-,19-16-,24-23-,27-26-,34-31-,43-40-. The number of allylic oxidation sites excluding steroid dienone is 11. The average Bonchev–Trinajstić information content (AvgIpc) is 3.22. The molecular weight excluding hydrogens is 719 g/mol. The van der Waals surface area contributed by atoms with Crippen molar-refractivity contribution < 1.29 is 24.5 Å². The van der Waals surface area contributed by atoms with E-state index in [2.05, 4.69) is 86.8 Å². The summed E-state index contributed by atoms with van der Waals surface area (Å²) in [5.74, 6) is -0.632. The molecule has 0 spiro atoms. The first kappa shape index (κ1) is 55.3. The van der Waals surface area contributed by atoms with Crippen molar-refractivity contribution in [2.45, 2.75) is 238 Å². The highest BCUT2D eigenvalue weighted by Gasteiger charge is 2.23. The highest BCUT2D eigenvalue weighted by molar-refractivity contribution is 5.78. The molecule has 0 aromatic carbocycles.